The SMILES string of the molecule is CC[C@H]1C[C@@H](O)CC2(CCN(CCc3cccc(C)n3)CC2)O1. The number of aliphatic hydroxyl groups excluding tert-OH is 1. The average Bonchev–Trinajstić information content (AvgIpc) is 2.54. The smallest absolute Gasteiger partial charge is 0.0735 e. The first-order chi connectivity index (χ1) is 11.1. The molecule has 128 valence electrons. The Hall–Kier alpha value is -0.970. The van der Waals surface area contributed by atoms with Crippen LogP contribution in [-0.4, -0.2) is 52.4 Å². The number of aliphatic hydroxyl groups is 1. The van der Waals surface area contributed by atoms with Crippen molar-refractivity contribution in [3.05, 3.63) is 29.6 Å². The predicted octanol–water partition coefficient (Wildman–Crippen LogP) is 2.72. The van der Waals surface area contributed by atoms with Crippen molar-refractivity contribution >= 4 is 0 Å². The van der Waals surface area contributed by atoms with Gasteiger partial charge in [-0.2, -0.15) is 0 Å². The highest BCUT2D eigenvalue weighted by atomic mass is 16.5. The van der Waals surface area contributed by atoms with Gasteiger partial charge in [-0.05, 0) is 44.7 Å². The van der Waals surface area contributed by atoms with Crippen molar-refractivity contribution in [1.82, 2.24) is 9.88 Å². The lowest BCUT2D eigenvalue weighted by atomic mass is 9.81. The van der Waals surface area contributed by atoms with Crippen LogP contribution >= 0.6 is 0 Å². The van der Waals surface area contributed by atoms with E-state index in [1.807, 2.05) is 13.0 Å². The molecule has 3 rings (SSSR count). The van der Waals surface area contributed by atoms with E-state index in [1.165, 1.54) is 5.69 Å². The van der Waals surface area contributed by atoms with Crippen molar-refractivity contribution in [1.29, 1.82) is 0 Å². The van der Waals surface area contributed by atoms with E-state index in [9.17, 15) is 5.11 Å². The molecular weight excluding hydrogens is 288 g/mol. The van der Waals surface area contributed by atoms with Crippen LogP contribution in [0.15, 0.2) is 18.2 Å². The molecule has 0 amide bonds. The van der Waals surface area contributed by atoms with E-state index in [0.29, 0.717) is 0 Å². The fraction of sp³-hybridized carbons (Fsp3) is 0.737. The lowest BCUT2D eigenvalue weighted by Gasteiger charge is -2.48. The summed E-state index contributed by atoms with van der Waals surface area (Å²) in [4.78, 5) is 7.10. The molecule has 3 heterocycles. The van der Waals surface area contributed by atoms with Gasteiger partial charge in [0.25, 0.3) is 0 Å². The maximum Gasteiger partial charge on any atom is 0.0735 e. The number of piperidine rings is 1. The van der Waals surface area contributed by atoms with Crippen molar-refractivity contribution in [3.8, 4) is 0 Å². The van der Waals surface area contributed by atoms with Crippen LogP contribution in [0.5, 0.6) is 0 Å². The minimum Gasteiger partial charge on any atom is -0.393 e. The second kappa shape index (κ2) is 7.29. The molecule has 2 atom stereocenters. The molecule has 0 aliphatic carbocycles. The number of aromatic nitrogens is 1. The van der Waals surface area contributed by atoms with Gasteiger partial charge < -0.3 is 14.7 Å². The molecule has 2 aliphatic heterocycles. The number of likely N-dealkylation sites (tertiary alicyclic amines) is 1. The topological polar surface area (TPSA) is 45.6 Å². The van der Waals surface area contributed by atoms with Crippen molar-refractivity contribution in [2.24, 2.45) is 0 Å². The monoisotopic (exact) mass is 318 g/mol. The summed E-state index contributed by atoms with van der Waals surface area (Å²) < 4.78 is 6.36. The molecule has 2 aliphatic rings. The van der Waals surface area contributed by atoms with Gasteiger partial charge >= 0.3 is 0 Å². The van der Waals surface area contributed by atoms with E-state index in [0.717, 1.165) is 63.9 Å². The summed E-state index contributed by atoms with van der Waals surface area (Å²) in [7, 11) is 0. The molecule has 2 saturated heterocycles. The number of nitrogens with zero attached hydrogens (tertiary/aromatic N) is 2. The summed E-state index contributed by atoms with van der Waals surface area (Å²) in [6.07, 6.45) is 5.78. The Kier molecular flexibility index (Phi) is 5.34. The summed E-state index contributed by atoms with van der Waals surface area (Å²) in [5.41, 5.74) is 2.20. The second-order valence-electron chi connectivity index (χ2n) is 7.29. The average molecular weight is 318 g/mol. The van der Waals surface area contributed by atoms with Crippen LogP contribution in [0.25, 0.3) is 0 Å². The van der Waals surface area contributed by atoms with Crippen LogP contribution in [0.3, 0.4) is 0 Å². The third kappa shape index (κ3) is 4.31. The minimum absolute atomic E-state index is 0.0730. The number of hydrogen-bond donors (Lipinski definition) is 1. The van der Waals surface area contributed by atoms with Crippen LogP contribution in [0.2, 0.25) is 0 Å². The van der Waals surface area contributed by atoms with Crippen molar-refractivity contribution in [2.75, 3.05) is 19.6 Å². The third-order valence-electron chi connectivity index (χ3n) is 5.41. The Labute approximate surface area is 139 Å². The minimum atomic E-state index is -0.184. The zero-order valence-corrected chi connectivity index (χ0v) is 14.5. The summed E-state index contributed by atoms with van der Waals surface area (Å²) in [5, 5.41) is 10.2. The molecule has 0 bridgehead atoms. The molecule has 23 heavy (non-hydrogen) atoms. The largest absolute Gasteiger partial charge is 0.393 e. The highest BCUT2D eigenvalue weighted by molar-refractivity contribution is 5.10. The van der Waals surface area contributed by atoms with E-state index in [2.05, 4.69) is 28.9 Å². The van der Waals surface area contributed by atoms with E-state index >= 15 is 0 Å². The number of aryl methyl sites for hydroxylation is 1. The maximum absolute atomic E-state index is 10.2. The van der Waals surface area contributed by atoms with Crippen molar-refractivity contribution < 1.29 is 9.84 Å². The van der Waals surface area contributed by atoms with Crippen LogP contribution in [-0.2, 0) is 11.2 Å². The molecule has 0 unspecified atom stereocenters. The summed E-state index contributed by atoms with van der Waals surface area (Å²) in [5.74, 6) is 0. The summed E-state index contributed by atoms with van der Waals surface area (Å²) in [6.45, 7) is 7.39. The Morgan fingerprint density at radius 2 is 2.13 bits per heavy atom. The Bertz CT molecular complexity index is 512. The Morgan fingerprint density at radius 3 is 2.83 bits per heavy atom. The molecule has 0 aromatic carbocycles. The number of hydrogen-bond acceptors (Lipinski definition) is 4. The van der Waals surface area contributed by atoms with Gasteiger partial charge in [0.15, 0.2) is 0 Å². The number of rotatable bonds is 4. The first-order valence-electron chi connectivity index (χ1n) is 9.09. The van der Waals surface area contributed by atoms with Crippen molar-refractivity contribution in [2.45, 2.75) is 70.2 Å². The zero-order valence-electron chi connectivity index (χ0n) is 14.5. The van der Waals surface area contributed by atoms with Crippen molar-refractivity contribution in [3.63, 3.8) is 0 Å². The van der Waals surface area contributed by atoms with Gasteiger partial charge in [-0.1, -0.05) is 13.0 Å². The van der Waals surface area contributed by atoms with Gasteiger partial charge in [0.05, 0.1) is 17.8 Å². The standard InChI is InChI=1S/C19H30N2O2/c1-3-18-13-17(22)14-19(23-18)8-11-21(12-9-19)10-7-16-6-4-5-15(2)20-16/h4-6,17-18,22H,3,7-14H2,1-2H3/t17-,18+/m1/s1. The van der Waals surface area contributed by atoms with Crippen LogP contribution < -0.4 is 0 Å². The lowest BCUT2D eigenvalue weighted by molar-refractivity contribution is -0.181. The maximum atomic E-state index is 10.2. The van der Waals surface area contributed by atoms with Gasteiger partial charge in [-0.25, -0.2) is 0 Å². The molecular formula is C19H30N2O2. The first-order valence-corrected chi connectivity index (χ1v) is 9.09. The quantitative estimate of drug-likeness (QED) is 0.927. The van der Waals surface area contributed by atoms with E-state index in [-0.39, 0.29) is 17.8 Å². The molecule has 1 aromatic rings. The number of pyridine rings is 1. The Morgan fingerprint density at radius 1 is 1.35 bits per heavy atom. The fourth-order valence-corrected chi connectivity index (χ4v) is 4.03. The molecule has 4 heteroatoms. The molecule has 1 aromatic heterocycles. The van der Waals surface area contributed by atoms with Gasteiger partial charge in [-0.15, -0.1) is 0 Å². The molecule has 1 N–H and O–H groups in total. The Balaban J connectivity index is 1.50. The molecule has 4 nitrogen and oxygen atoms in total. The van der Waals surface area contributed by atoms with Crippen LogP contribution in [0, 0.1) is 6.92 Å². The molecule has 2 fully saturated rings. The second-order valence-corrected chi connectivity index (χ2v) is 7.29. The van der Waals surface area contributed by atoms with Gasteiger partial charge in [0.1, 0.15) is 0 Å². The third-order valence-corrected chi connectivity index (χ3v) is 5.41. The molecule has 1 spiro atoms. The lowest BCUT2D eigenvalue weighted by Crippen LogP contribution is -2.52. The van der Waals surface area contributed by atoms with E-state index in [4.69, 9.17) is 4.74 Å². The van der Waals surface area contributed by atoms with Gasteiger partial charge in [-0.3, -0.25) is 4.98 Å². The normalized spacial score (nSPS) is 28.1. The first kappa shape index (κ1) is 16.9. The van der Waals surface area contributed by atoms with Crippen LogP contribution in [0.4, 0.5) is 0 Å². The summed E-state index contributed by atoms with van der Waals surface area (Å²) >= 11 is 0. The van der Waals surface area contributed by atoms with E-state index in [1.54, 1.807) is 0 Å². The molecule has 0 saturated carbocycles. The van der Waals surface area contributed by atoms with E-state index < -0.39 is 0 Å². The highest BCUT2D eigenvalue weighted by Crippen LogP contribution is 2.38. The molecule has 0 radical (unpaired) electrons. The predicted molar refractivity (Wildman–Crippen MR) is 91.5 cm³/mol. The fourth-order valence-electron chi connectivity index (χ4n) is 4.03. The summed E-state index contributed by atoms with van der Waals surface area (Å²) in [6, 6.07) is 6.25. The zero-order chi connectivity index (χ0) is 16.3. The van der Waals surface area contributed by atoms with Crippen LogP contribution in [0.1, 0.15) is 50.4 Å². The number of ether oxygens (including phenoxy) is 1. The highest BCUT2D eigenvalue weighted by Gasteiger charge is 2.42. The van der Waals surface area contributed by atoms with Gasteiger partial charge in [0, 0.05) is 43.9 Å². The van der Waals surface area contributed by atoms with Gasteiger partial charge in [0.2, 0.25) is 0 Å².